The molecule has 0 spiro atoms. The molecule has 0 amide bonds. The van der Waals surface area contributed by atoms with Crippen molar-refractivity contribution >= 4 is 33.3 Å². The Kier molecular flexibility index (Phi) is 5.26. The van der Waals surface area contributed by atoms with Gasteiger partial charge in [-0.25, -0.2) is 13.2 Å². The van der Waals surface area contributed by atoms with Crippen molar-refractivity contribution in [2.24, 2.45) is 0 Å². The van der Waals surface area contributed by atoms with Crippen molar-refractivity contribution in [1.29, 1.82) is 0 Å². The monoisotopic (exact) mass is 321 g/mol. The second-order valence-corrected chi connectivity index (χ2v) is 7.36. The minimum atomic E-state index is -3.80. The van der Waals surface area contributed by atoms with E-state index < -0.39 is 22.0 Å². The first-order valence-corrected chi connectivity index (χ1v) is 7.82. The number of nitrogens with zero attached hydrogens (tertiary/aromatic N) is 1. The van der Waals surface area contributed by atoms with E-state index in [1.54, 1.807) is 0 Å². The predicted octanol–water partition coefficient (Wildman–Crippen LogP) is 0.938. The van der Waals surface area contributed by atoms with Crippen molar-refractivity contribution in [1.82, 2.24) is 4.31 Å². The first-order chi connectivity index (χ1) is 9.20. The molecule has 0 fully saturated rings. The summed E-state index contributed by atoms with van der Waals surface area (Å²) < 4.78 is 29.8. The molecule has 112 valence electrons. The number of aryl methyl sites for hydroxylation is 1. The average molecular weight is 321 g/mol. The highest BCUT2D eigenvalue weighted by Crippen LogP contribution is 2.28. The highest BCUT2D eigenvalue weighted by atomic mass is 32.2. The zero-order chi connectivity index (χ0) is 15.5. The molecule has 0 atom stereocenters. The quantitative estimate of drug-likeness (QED) is 0.783. The fourth-order valence-corrected chi connectivity index (χ4v) is 4.18. The lowest BCUT2D eigenvalue weighted by Gasteiger charge is -2.14. The Balaban J connectivity index is 2.96. The molecule has 1 aromatic rings. The van der Waals surface area contributed by atoms with Crippen molar-refractivity contribution in [2.45, 2.75) is 17.6 Å². The summed E-state index contributed by atoms with van der Waals surface area (Å²) in [6.45, 7) is 1.50. The van der Waals surface area contributed by atoms with Gasteiger partial charge < -0.3 is 9.84 Å². The third-order valence-corrected chi connectivity index (χ3v) is 6.14. The molecule has 1 aromatic heterocycles. The first kappa shape index (κ1) is 16.6. The molecule has 0 aromatic carbocycles. The number of thiophene rings is 1. The SMILES string of the molecule is COC(=O)CCN(C)S(=O)(=O)c1cc(C)c(C(=O)O)s1. The number of aromatic carboxylic acids is 1. The number of hydrogen-bond acceptors (Lipinski definition) is 6. The largest absolute Gasteiger partial charge is 0.477 e. The second-order valence-electron chi connectivity index (χ2n) is 4.04. The van der Waals surface area contributed by atoms with Gasteiger partial charge in [0.2, 0.25) is 0 Å². The summed E-state index contributed by atoms with van der Waals surface area (Å²) in [6, 6.07) is 1.32. The van der Waals surface area contributed by atoms with Crippen LogP contribution in [-0.2, 0) is 19.6 Å². The molecule has 1 N–H and O–H groups in total. The number of carbonyl (C=O) groups excluding carboxylic acids is 1. The molecule has 0 saturated carbocycles. The Hall–Kier alpha value is -1.45. The maximum absolute atomic E-state index is 12.2. The van der Waals surface area contributed by atoms with E-state index in [2.05, 4.69) is 4.74 Å². The number of rotatable bonds is 6. The van der Waals surface area contributed by atoms with Crippen LogP contribution in [0.4, 0.5) is 0 Å². The Morgan fingerprint density at radius 1 is 1.45 bits per heavy atom. The van der Waals surface area contributed by atoms with E-state index in [0.717, 1.165) is 4.31 Å². The van der Waals surface area contributed by atoms with Crippen molar-refractivity contribution in [2.75, 3.05) is 20.7 Å². The highest BCUT2D eigenvalue weighted by Gasteiger charge is 2.26. The van der Waals surface area contributed by atoms with Gasteiger partial charge in [0.1, 0.15) is 9.09 Å². The second kappa shape index (κ2) is 6.33. The van der Waals surface area contributed by atoms with E-state index in [1.165, 1.54) is 27.1 Å². The summed E-state index contributed by atoms with van der Waals surface area (Å²) in [7, 11) is -1.25. The van der Waals surface area contributed by atoms with Crippen LogP contribution in [0.15, 0.2) is 10.3 Å². The molecule has 0 aliphatic rings. The van der Waals surface area contributed by atoms with Crippen LogP contribution in [0.5, 0.6) is 0 Å². The number of ether oxygens (including phenoxy) is 1. The summed E-state index contributed by atoms with van der Waals surface area (Å²) in [4.78, 5) is 21.9. The summed E-state index contributed by atoms with van der Waals surface area (Å²) in [5.74, 6) is -1.67. The molecule has 1 rings (SSSR count). The van der Waals surface area contributed by atoms with E-state index in [0.29, 0.717) is 16.9 Å². The maximum atomic E-state index is 12.2. The van der Waals surface area contributed by atoms with E-state index >= 15 is 0 Å². The summed E-state index contributed by atoms with van der Waals surface area (Å²) in [6.07, 6.45) is -0.0671. The van der Waals surface area contributed by atoms with Gasteiger partial charge in [0.25, 0.3) is 10.0 Å². The Morgan fingerprint density at radius 2 is 2.05 bits per heavy atom. The van der Waals surface area contributed by atoms with Crippen molar-refractivity contribution in [3.63, 3.8) is 0 Å². The predicted molar refractivity (Wildman–Crippen MR) is 72.5 cm³/mol. The zero-order valence-corrected chi connectivity index (χ0v) is 12.9. The first-order valence-electron chi connectivity index (χ1n) is 5.57. The molecule has 0 aliphatic heterocycles. The van der Waals surface area contributed by atoms with E-state index in [-0.39, 0.29) is 22.1 Å². The standard InChI is InChI=1S/C11H15NO6S2/c1-7-6-9(19-10(7)11(14)15)20(16,17)12(2)5-4-8(13)18-3/h6H,4-5H2,1-3H3,(H,14,15). The van der Waals surface area contributed by atoms with Crippen LogP contribution in [0.2, 0.25) is 0 Å². The average Bonchev–Trinajstić information content (AvgIpc) is 2.78. The number of sulfonamides is 1. The number of hydrogen-bond donors (Lipinski definition) is 1. The van der Waals surface area contributed by atoms with Gasteiger partial charge in [0, 0.05) is 13.6 Å². The fourth-order valence-electron chi connectivity index (χ4n) is 1.42. The molecule has 0 bridgehead atoms. The van der Waals surface area contributed by atoms with Gasteiger partial charge in [-0.3, -0.25) is 4.79 Å². The number of carboxylic acids is 1. The third kappa shape index (κ3) is 3.56. The molecule has 0 unspecified atom stereocenters. The van der Waals surface area contributed by atoms with Gasteiger partial charge in [-0.05, 0) is 18.6 Å². The van der Waals surface area contributed by atoms with Gasteiger partial charge in [-0.15, -0.1) is 11.3 Å². The Labute approximate surface area is 120 Å². The summed E-state index contributed by atoms with van der Waals surface area (Å²) in [5.41, 5.74) is 0.391. The van der Waals surface area contributed by atoms with Gasteiger partial charge in [-0.1, -0.05) is 0 Å². The van der Waals surface area contributed by atoms with Crippen LogP contribution in [0.25, 0.3) is 0 Å². The lowest BCUT2D eigenvalue weighted by Crippen LogP contribution is -2.28. The van der Waals surface area contributed by atoms with E-state index in [1.807, 2.05) is 0 Å². The Morgan fingerprint density at radius 3 is 2.50 bits per heavy atom. The van der Waals surface area contributed by atoms with Crippen LogP contribution < -0.4 is 0 Å². The maximum Gasteiger partial charge on any atom is 0.346 e. The van der Waals surface area contributed by atoms with Gasteiger partial charge in [0.05, 0.1) is 13.5 Å². The molecular weight excluding hydrogens is 306 g/mol. The number of carbonyl (C=O) groups is 2. The van der Waals surface area contributed by atoms with Crippen molar-refractivity contribution in [3.8, 4) is 0 Å². The van der Waals surface area contributed by atoms with E-state index in [4.69, 9.17) is 5.11 Å². The molecule has 0 aliphatic carbocycles. The minimum absolute atomic E-state index is 0.00931. The van der Waals surface area contributed by atoms with E-state index in [9.17, 15) is 18.0 Å². The summed E-state index contributed by atoms with van der Waals surface area (Å²) >= 11 is 0.698. The summed E-state index contributed by atoms with van der Waals surface area (Å²) in [5, 5.41) is 8.93. The van der Waals surface area contributed by atoms with Crippen LogP contribution in [-0.4, -0.2) is 50.5 Å². The topological polar surface area (TPSA) is 101 Å². The van der Waals surface area contributed by atoms with Gasteiger partial charge in [-0.2, -0.15) is 4.31 Å². The van der Waals surface area contributed by atoms with Crippen molar-refractivity contribution < 1.29 is 27.9 Å². The Bertz CT molecular complexity index is 619. The third-order valence-electron chi connectivity index (χ3n) is 2.61. The van der Waals surface area contributed by atoms with Crippen LogP contribution in [0.3, 0.4) is 0 Å². The number of methoxy groups -OCH3 is 1. The zero-order valence-electron chi connectivity index (χ0n) is 11.2. The minimum Gasteiger partial charge on any atom is -0.477 e. The van der Waals surface area contributed by atoms with Gasteiger partial charge >= 0.3 is 11.9 Å². The number of esters is 1. The molecule has 1 heterocycles. The van der Waals surface area contributed by atoms with Crippen molar-refractivity contribution in [3.05, 3.63) is 16.5 Å². The van der Waals surface area contributed by atoms with Crippen LogP contribution in [0.1, 0.15) is 21.7 Å². The van der Waals surface area contributed by atoms with Crippen LogP contribution >= 0.6 is 11.3 Å². The van der Waals surface area contributed by atoms with Gasteiger partial charge in [0.15, 0.2) is 0 Å². The fraction of sp³-hybridized carbons (Fsp3) is 0.455. The molecular formula is C11H15NO6S2. The smallest absolute Gasteiger partial charge is 0.346 e. The molecule has 9 heteroatoms. The highest BCUT2D eigenvalue weighted by molar-refractivity contribution is 7.91. The molecule has 7 nitrogen and oxygen atoms in total. The molecule has 0 saturated heterocycles. The lowest BCUT2D eigenvalue weighted by atomic mass is 10.3. The molecule has 20 heavy (non-hydrogen) atoms. The van der Waals surface area contributed by atoms with Crippen LogP contribution in [0, 0.1) is 6.92 Å². The number of carboxylic acid groups (broad SMARTS) is 1. The lowest BCUT2D eigenvalue weighted by molar-refractivity contribution is -0.140. The molecule has 0 radical (unpaired) electrons. The normalized spacial score (nSPS) is 11.6.